The first kappa shape index (κ1) is 29.5. The number of esters is 1. The van der Waals surface area contributed by atoms with Crippen LogP contribution >= 0.6 is 0 Å². The van der Waals surface area contributed by atoms with Crippen molar-refractivity contribution < 1.29 is 38.5 Å². The number of hydrogen-bond donors (Lipinski definition) is 1. The van der Waals surface area contributed by atoms with E-state index < -0.39 is 41.8 Å². The quantitative estimate of drug-likeness (QED) is 0.335. The van der Waals surface area contributed by atoms with E-state index in [4.69, 9.17) is 9.47 Å². The molecule has 0 aliphatic heterocycles. The number of carboxylic acid groups (broad SMARTS) is 1. The molecule has 1 aliphatic carbocycles. The van der Waals surface area contributed by atoms with Crippen LogP contribution in [0.4, 0.5) is 9.59 Å². The van der Waals surface area contributed by atoms with Gasteiger partial charge in [0.25, 0.3) is 0 Å². The number of amides is 2. The van der Waals surface area contributed by atoms with Crippen LogP contribution in [0.1, 0.15) is 57.2 Å². The van der Waals surface area contributed by atoms with E-state index in [0.29, 0.717) is 0 Å². The molecule has 0 unspecified atom stereocenters. The van der Waals surface area contributed by atoms with Gasteiger partial charge in [0.2, 0.25) is 0 Å². The molecule has 0 saturated carbocycles. The second-order valence-corrected chi connectivity index (χ2v) is 10.2. The number of rotatable bonds is 10. The molecule has 10 nitrogen and oxygen atoms in total. The molecule has 0 bridgehead atoms. The van der Waals surface area contributed by atoms with Gasteiger partial charge in [0.15, 0.2) is 0 Å². The van der Waals surface area contributed by atoms with Gasteiger partial charge in [-0.2, -0.15) is 0 Å². The predicted molar refractivity (Wildman–Crippen MR) is 143 cm³/mol. The number of aliphatic carboxylic acids is 1. The minimum atomic E-state index is -1.25. The Morgan fingerprint density at radius 1 is 0.872 bits per heavy atom. The SMILES string of the molecule is COC(=O)CCN(CCC[C@@H](C(=O)O)N(C(=O)OC)C1c2ccccc2-c2ccccc21)C(=O)OC(C)(C)C. The van der Waals surface area contributed by atoms with Crippen LogP contribution in [-0.4, -0.2) is 78.0 Å². The van der Waals surface area contributed by atoms with Crippen LogP contribution in [0.2, 0.25) is 0 Å². The lowest BCUT2D eigenvalue weighted by atomic mass is 9.99. The fourth-order valence-corrected chi connectivity index (χ4v) is 4.75. The topological polar surface area (TPSA) is 123 Å². The number of benzene rings is 2. The van der Waals surface area contributed by atoms with Crippen molar-refractivity contribution >= 4 is 24.1 Å². The highest BCUT2D eigenvalue weighted by Gasteiger charge is 2.42. The van der Waals surface area contributed by atoms with Crippen LogP contribution in [0.5, 0.6) is 0 Å². The lowest BCUT2D eigenvalue weighted by molar-refractivity contribution is -0.143. The first-order valence-corrected chi connectivity index (χ1v) is 12.8. The third kappa shape index (κ3) is 7.07. The third-order valence-electron chi connectivity index (χ3n) is 6.46. The standard InChI is InChI=1S/C29H36N2O8/c1-29(2,3)39-27(35)30(18-16-24(32)37-4)17-10-15-23(26(33)34)31(28(36)38-5)25-21-13-8-6-11-19(21)20-12-7-9-14-22(20)25/h6-9,11-14,23,25H,10,15-18H2,1-5H3,(H,33,34)/t23-/m0/s1. The van der Waals surface area contributed by atoms with Crippen molar-refractivity contribution in [2.24, 2.45) is 0 Å². The molecule has 210 valence electrons. The zero-order chi connectivity index (χ0) is 28.7. The summed E-state index contributed by atoms with van der Waals surface area (Å²) in [6, 6.07) is 13.2. The number of hydrogen-bond acceptors (Lipinski definition) is 7. The van der Waals surface area contributed by atoms with Gasteiger partial charge in [-0.3, -0.25) is 9.69 Å². The highest BCUT2D eigenvalue weighted by molar-refractivity contribution is 5.85. The van der Waals surface area contributed by atoms with E-state index in [1.807, 2.05) is 48.5 Å². The molecule has 2 aromatic carbocycles. The molecular formula is C29H36N2O8. The Kier molecular flexibility index (Phi) is 9.56. The summed E-state index contributed by atoms with van der Waals surface area (Å²) in [5.41, 5.74) is 2.72. The van der Waals surface area contributed by atoms with Gasteiger partial charge < -0.3 is 24.2 Å². The number of methoxy groups -OCH3 is 2. The van der Waals surface area contributed by atoms with Crippen LogP contribution in [0.25, 0.3) is 11.1 Å². The molecule has 2 amide bonds. The normalized spacial score (nSPS) is 13.1. The molecule has 0 spiro atoms. The number of ether oxygens (including phenoxy) is 3. The van der Waals surface area contributed by atoms with Crippen molar-refractivity contribution in [2.75, 3.05) is 27.3 Å². The maximum atomic E-state index is 13.1. The highest BCUT2D eigenvalue weighted by atomic mass is 16.6. The zero-order valence-electron chi connectivity index (χ0n) is 23.0. The molecule has 0 saturated heterocycles. The Morgan fingerprint density at radius 3 is 1.92 bits per heavy atom. The van der Waals surface area contributed by atoms with Crippen LogP contribution in [0, 0.1) is 0 Å². The first-order chi connectivity index (χ1) is 18.5. The van der Waals surface area contributed by atoms with E-state index >= 15 is 0 Å². The smallest absolute Gasteiger partial charge is 0.411 e. The molecule has 0 heterocycles. The summed E-state index contributed by atoms with van der Waals surface area (Å²) in [6.45, 7) is 5.35. The lowest BCUT2D eigenvalue weighted by Gasteiger charge is -2.34. The molecule has 10 heteroatoms. The van der Waals surface area contributed by atoms with Gasteiger partial charge in [0.05, 0.1) is 26.7 Å². The largest absolute Gasteiger partial charge is 0.480 e. The van der Waals surface area contributed by atoms with Gasteiger partial charge in [-0.1, -0.05) is 48.5 Å². The van der Waals surface area contributed by atoms with E-state index in [2.05, 4.69) is 4.74 Å². The van der Waals surface area contributed by atoms with E-state index in [1.165, 1.54) is 24.0 Å². The van der Waals surface area contributed by atoms with Crippen molar-refractivity contribution in [3.63, 3.8) is 0 Å². The second-order valence-electron chi connectivity index (χ2n) is 10.2. The third-order valence-corrected chi connectivity index (χ3v) is 6.46. The Hall–Kier alpha value is -4.08. The lowest BCUT2D eigenvalue weighted by Crippen LogP contribution is -2.47. The Labute approximate surface area is 228 Å². The van der Waals surface area contributed by atoms with Gasteiger partial charge in [-0.15, -0.1) is 0 Å². The van der Waals surface area contributed by atoms with Crippen molar-refractivity contribution in [3.05, 3.63) is 59.7 Å². The van der Waals surface area contributed by atoms with E-state index in [9.17, 15) is 24.3 Å². The molecule has 1 aliphatic rings. The molecule has 39 heavy (non-hydrogen) atoms. The van der Waals surface area contributed by atoms with Gasteiger partial charge in [0.1, 0.15) is 11.6 Å². The number of fused-ring (bicyclic) bond motifs is 3. The summed E-state index contributed by atoms with van der Waals surface area (Å²) in [5, 5.41) is 10.3. The summed E-state index contributed by atoms with van der Waals surface area (Å²) in [5.74, 6) is -1.68. The molecule has 0 aromatic heterocycles. The van der Waals surface area contributed by atoms with Crippen molar-refractivity contribution in [1.82, 2.24) is 9.80 Å². The van der Waals surface area contributed by atoms with Crippen molar-refractivity contribution in [1.29, 1.82) is 0 Å². The first-order valence-electron chi connectivity index (χ1n) is 12.8. The molecule has 2 aromatic rings. The average molecular weight is 541 g/mol. The van der Waals surface area contributed by atoms with Crippen LogP contribution in [-0.2, 0) is 23.8 Å². The molecule has 1 atom stereocenters. The van der Waals surface area contributed by atoms with Crippen LogP contribution in [0.3, 0.4) is 0 Å². The van der Waals surface area contributed by atoms with Gasteiger partial charge >= 0.3 is 24.1 Å². The molecule has 1 N–H and O–H groups in total. The van der Waals surface area contributed by atoms with Gasteiger partial charge in [-0.05, 0) is 55.9 Å². The minimum absolute atomic E-state index is 0.0305. The Bertz CT molecular complexity index is 1160. The Balaban J connectivity index is 1.87. The van der Waals surface area contributed by atoms with Crippen LogP contribution in [0.15, 0.2) is 48.5 Å². The fourth-order valence-electron chi connectivity index (χ4n) is 4.75. The number of nitrogens with zero attached hydrogens (tertiary/aromatic N) is 2. The summed E-state index contributed by atoms with van der Waals surface area (Å²) in [7, 11) is 2.48. The monoisotopic (exact) mass is 540 g/mol. The highest BCUT2D eigenvalue weighted by Crippen LogP contribution is 2.47. The Morgan fingerprint density at radius 2 is 1.44 bits per heavy atom. The van der Waals surface area contributed by atoms with E-state index in [0.717, 1.165) is 22.3 Å². The van der Waals surface area contributed by atoms with Crippen molar-refractivity contribution in [2.45, 2.75) is 57.7 Å². The molecule has 0 radical (unpaired) electrons. The van der Waals surface area contributed by atoms with Gasteiger partial charge in [0, 0.05) is 13.1 Å². The fraction of sp³-hybridized carbons (Fsp3) is 0.448. The summed E-state index contributed by atoms with van der Waals surface area (Å²) in [6.07, 6.45) is -1.18. The minimum Gasteiger partial charge on any atom is -0.480 e. The molecule has 3 rings (SSSR count). The zero-order valence-corrected chi connectivity index (χ0v) is 23.0. The van der Waals surface area contributed by atoms with Gasteiger partial charge in [-0.25, -0.2) is 14.4 Å². The molecule has 0 fully saturated rings. The number of carboxylic acids is 1. The van der Waals surface area contributed by atoms with E-state index in [1.54, 1.807) is 20.8 Å². The second kappa shape index (κ2) is 12.6. The number of carbonyl (C=O) groups excluding carboxylic acids is 3. The van der Waals surface area contributed by atoms with Crippen LogP contribution < -0.4 is 0 Å². The average Bonchev–Trinajstić information content (AvgIpc) is 3.22. The summed E-state index contributed by atoms with van der Waals surface area (Å²) in [4.78, 5) is 52.8. The van der Waals surface area contributed by atoms with Crippen molar-refractivity contribution in [3.8, 4) is 11.1 Å². The molecular weight excluding hydrogens is 504 g/mol. The predicted octanol–water partition coefficient (Wildman–Crippen LogP) is 4.86. The summed E-state index contributed by atoms with van der Waals surface area (Å²) >= 11 is 0. The number of carbonyl (C=O) groups is 4. The maximum absolute atomic E-state index is 13.1. The van der Waals surface area contributed by atoms with E-state index in [-0.39, 0.29) is 32.4 Å². The maximum Gasteiger partial charge on any atom is 0.411 e. The summed E-state index contributed by atoms with van der Waals surface area (Å²) < 4.78 is 15.2.